The van der Waals surface area contributed by atoms with Crippen LogP contribution in [0.25, 0.3) is 0 Å². The molecule has 0 bridgehead atoms. The Kier molecular flexibility index (Phi) is 2.56. The number of allylic oxidation sites excluding steroid dienone is 2. The fraction of sp³-hybridized carbons (Fsp3) is 0.154. The SMILES string of the molecule is [2H]C([2H])=C(Cc1ccccc1)/C([2H])=C(\[2H])C(=O)OC. The summed E-state index contributed by atoms with van der Waals surface area (Å²) in [6, 6.07) is 7.92. The molecule has 0 heterocycles. The number of hydrogen-bond acceptors (Lipinski definition) is 2. The molecule has 0 amide bonds. The smallest absolute Gasteiger partial charge is 0.330 e. The van der Waals surface area contributed by atoms with Gasteiger partial charge < -0.3 is 4.74 Å². The first-order chi connectivity index (χ1) is 8.97. The molecule has 1 aromatic rings. The first kappa shape index (κ1) is 6.62. The van der Waals surface area contributed by atoms with Crippen molar-refractivity contribution in [2.75, 3.05) is 7.11 Å². The number of esters is 1. The third-order valence-corrected chi connectivity index (χ3v) is 1.72. The number of rotatable bonds is 4. The maximum Gasteiger partial charge on any atom is 0.330 e. The third-order valence-electron chi connectivity index (χ3n) is 1.72. The van der Waals surface area contributed by atoms with Crippen LogP contribution in [0.2, 0.25) is 0 Å². The van der Waals surface area contributed by atoms with Crippen molar-refractivity contribution < 1.29 is 15.0 Å². The minimum Gasteiger partial charge on any atom is -0.466 e. The molecule has 0 unspecified atom stereocenters. The van der Waals surface area contributed by atoms with E-state index in [0.717, 1.165) is 12.7 Å². The number of carbonyl (C=O) groups is 1. The molecule has 0 saturated carbocycles. The maximum atomic E-state index is 11.2. The molecule has 1 aromatic carbocycles. The van der Waals surface area contributed by atoms with E-state index in [1.54, 1.807) is 24.3 Å². The Hall–Kier alpha value is -1.83. The lowest BCUT2D eigenvalue weighted by molar-refractivity contribution is -0.134. The maximum absolute atomic E-state index is 11.2. The van der Waals surface area contributed by atoms with Crippen molar-refractivity contribution in [2.45, 2.75) is 6.42 Å². The van der Waals surface area contributed by atoms with Crippen LogP contribution in [0.5, 0.6) is 0 Å². The quantitative estimate of drug-likeness (QED) is 0.430. The van der Waals surface area contributed by atoms with Gasteiger partial charge in [-0.15, -0.1) is 0 Å². The van der Waals surface area contributed by atoms with Gasteiger partial charge in [0, 0.05) is 6.05 Å². The van der Waals surface area contributed by atoms with Crippen LogP contribution in [0, 0.1) is 0 Å². The monoisotopic (exact) mass is 206 g/mol. The second-order valence-corrected chi connectivity index (χ2v) is 2.88. The molecular weight excluding hydrogens is 188 g/mol. The largest absolute Gasteiger partial charge is 0.466 e. The molecule has 0 N–H and O–H groups in total. The number of benzene rings is 1. The van der Waals surface area contributed by atoms with Crippen molar-refractivity contribution >= 4 is 5.97 Å². The summed E-state index contributed by atoms with van der Waals surface area (Å²) in [6.45, 7) is -0.581. The molecule has 2 nitrogen and oxygen atoms in total. The number of methoxy groups -OCH3 is 1. The Morgan fingerprint density at radius 1 is 1.53 bits per heavy atom. The standard InChI is InChI=1S/C13H14O2/c1-11(8-9-13(14)15-2)10-12-6-4-3-5-7-12/h3-9H,1,10H2,2H3/b9-8+/i1D2,8D,9D. The zero-order valence-corrected chi connectivity index (χ0v) is 8.41. The Morgan fingerprint density at radius 2 is 2.27 bits per heavy atom. The summed E-state index contributed by atoms with van der Waals surface area (Å²) in [7, 11) is 1.12. The van der Waals surface area contributed by atoms with Gasteiger partial charge in [-0.3, -0.25) is 0 Å². The van der Waals surface area contributed by atoms with Crippen LogP contribution in [0.4, 0.5) is 0 Å². The molecule has 0 spiro atoms. The number of hydrogen-bond donors (Lipinski definition) is 0. The van der Waals surface area contributed by atoms with E-state index in [-0.39, 0.29) is 12.0 Å². The molecule has 78 valence electrons. The van der Waals surface area contributed by atoms with Crippen molar-refractivity contribution in [1.82, 2.24) is 0 Å². The Morgan fingerprint density at radius 3 is 2.87 bits per heavy atom. The topological polar surface area (TPSA) is 26.3 Å². The number of ether oxygens (including phenoxy) is 1. The molecule has 0 aliphatic carbocycles. The first-order valence-corrected chi connectivity index (χ1v) is 4.43. The molecule has 2 heteroatoms. The molecule has 0 atom stereocenters. The first-order valence-electron chi connectivity index (χ1n) is 6.43. The van der Waals surface area contributed by atoms with E-state index in [0.29, 0.717) is 0 Å². The third kappa shape index (κ3) is 4.27. The minimum absolute atomic E-state index is 0.0154. The van der Waals surface area contributed by atoms with Gasteiger partial charge in [0.05, 0.1) is 12.6 Å². The molecule has 0 saturated heterocycles. The van der Waals surface area contributed by atoms with E-state index in [9.17, 15) is 4.79 Å². The van der Waals surface area contributed by atoms with Crippen molar-refractivity contribution in [1.29, 1.82) is 0 Å². The molecule has 0 aliphatic rings. The summed E-state index contributed by atoms with van der Waals surface area (Å²) in [5, 5.41) is 0. The van der Waals surface area contributed by atoms with Gasteiger partial charge in [-0.05, 0) is 12.0 Å². The van der Waals surface area contributed by atoms with Gasteiger partial charge in [0.25, 0.3) is 0 Å². The van der Waals surface area contributed by atoms with Gasteiger partial charge in [0.15, 0.2) is 0 Å². The lowest BCUT2D eigenvalue weighted by Gasteiger charge is -1.99. The van der Waals surface area contributed by atoms with Crippen LogP contribution in [0.3, 0.4) is 0 Å². The van der Waals surface area contributed by atoms with Crippen molar-refractivity contribution in [3.05, 3.63) is 60.1 Å². The molecule has 15 heavy (non-hydrogen) atoms. The van der Waals surface area contributed by atoms with E-state index < -0.39 is 24.6 Å². The molecular formula is C13H14O2. The number of carbonyl (C=O) groups excluding carboxylic acids is 1. The summed E-state index contributed by atoms with van der Waals surface area (Å²) in [4.78, 5) is 11.2. The lowest BCUT2D eigenvalue weighted by atomic mass is 10.1. The van der Waals surface area contributed by atoms with E-state index in [4.69, 9.17) is 5.48 Å². The average molecular weight is 206 g/mol. The van der Waals surface area contributed by atoms with Gasteiger partial charge in [-0.25, -0.2) is 4.79 Å². The van der Waals surface area contributed by atoms with Crippen LogP contribution in [-0.2, 0) is 16.0 Å². The minimum atomic E-state index is -0.947. The highest BCUT2D eigenvalue weighted by Crippen LogP contribution is 2.06. The summed E-state index contributed by atoms with van der Waals surface area (Å²) < 4.78 is 34.3. The van der Waals surface area contributed by atoms with E-state index in [2.05, 4.69) is 4.74 Å². The highest BCUT2D eigenvalue weighted by atomic mass is 16.5. The van der Waals surface area contributed by atoms with Crippen molar-refractivity contribution in [3.63, 3.8) is 0 Å². The fourth-order valence-electron chi connectivity index (χ4n) is 1.02. The van der Waals surface area contributed by atoms with E-state index >= 15 is 0 Å². The van der Waals surface area contributed by atoms with Crippen molar-refractivity contribution in [2.24, 2.45) is 0 Å². The summed E-state index contributed by atoms with van der Waals surface area (Å²) >= 11 is 0. The molecule has 1 rings (SSSR count). The highest BCUT2D eigenvalue weighted by Gasteiger charge is 1.95. The van der Waals surface area contributed by atoms with Crippen LogP contribution in [0.15, 0.2) is 54.5 Å². The second kappa shape index (κ2) is 5.81. The predicted molar refractivity (Wildman–Crippen MR) is 60.4 cm³/mol. The zero-order chi connectivity index (χ0) is 14.4. The predicted octanol–water partition coefficient (Wildman–Crippen LogP) is 2.51. The molecule has 0 radical (unpaired) electrons. The van der Waals surface area contributed by atoms with E-state index in [1.165, 1.54) is 0 Å². The van der Waals surface area contributed by atoms with Gasteiger partial charge in [0.1, 0.15) is 0 Å². The fourth-order valence-corrected chi connectivity index (χ4v) is 1.02. The van der Waals surface area contributed by atoms with Gasteiger partial charge in [-0.1, -0.05) is 48.5 Å². The Bertz CT molecular complexity index is 517. The molecule has 0 aromatic heterocycles. The van der Waals surface area contributed by atoms with E-state index in [1.807, 2.05) is 6.07 Å². The van der Waals surface area contributed by atoms with Gasteiger partial charge >= 0.3 is 5.97 Å². The van der Waals surface area contributed by atoms with Crippen LogP contribution >= 0.6 is 0 Å². The van der Waals surface area contributed by atoms with Crippen LogP contribution in [0.1, 0.15) is 11.0 Å². The van der Waals surface area contributed by atoms with Crippen LogP contribution < -0.4 is 0 Å². The average Bonchev–Trinajstić information content (AvgIpc) is 2.43. The van der Waals surface area contributed by atoms with Gasteiger partial charge in [-0.2, -0.15) is 0 Å². The highest BCUT2D eigenvalue weighted by molar-refractivity contribution is 5.82. The van der Waals surface area contributed by atoms with Gasteiger partial charge in [0.2, 0.25) is 0 Å². The van der Waals surface area contributed by atoms with Crippen LogP contribution in [-0.4, -0.2) is 13.1 Å². The summed E-state index contributed by atoms with van der Waals surface area (Å²) in [6.07, 6.45) is 0.154. The normalized spacial score (nSPS) is 15.0. The Balaban J connectivity index is 3.11. The lowest BCUT2D eigenvalue weighted by Crippen LogP contribution is -1.94. The Labute approximate surface area is 95.5 Å². The van der Waals surface area contributed by atoms with Crippen molar-refractivity contribution in [3.8, 4) is 0 Å². The molecule has 0 fully saturated rings. The zero-order valence-electron chi connectivity index (χ0n) is 12.4. The summed E-state index contributed by atoms with van der Waals surface area (Å²) in [5.41, 5.74) is 0.818. The summed E-state index contributed by atoms with van der Waals surface area (Å²) in [5.74, 6) is -0.947. The molecule has 0 aliphatic heterocycles. The second-order valence-electron chi connectivity index (χ2n) is 2.88.